The molecule has 2 aromatic heterocycles. The van der Waals surface area contributed by atoms with Gasteiger partial charge in [0.05, 0.1) is 11.4 Å². The van der Waals surface area contributed by atoms with Crippen molar-refractivity contribution in [2.45, 2.75) is 31.4 Å². The second kappa shape index (κ2) is 8.94. The summed E-state index contributed by atoms with van der Waals surface area (Å²) in [5.74, 6) is 1.45. The lowest BCUT2D eigenvalue weighted by Gasteiger charge is -2.07. The van der Waals surface area contributed by atoms with Crippen molar-refractivity contribution in [3.63, 3.8) is 0 Å². The zero-order valence-electron chi connectivity index (χ0n) is 15.9. The molecule has 0 aliphatic carbocycles. The highest BCUT2D eigenvalue weighted by atomic mass is 35.5. The minimum absolute atomic E-state index is 0.428. The molecule has 0 unspecified atom stereocenters. The van der Waals surface area contributed by atoms with E-state index in [0.717, 1.165) is 32.9 Å². The highest BCUT2D eigenvalue weighted by Crippen LogP contribution is 2.25. The first kappa shape index (κ1) is 19.9. The van der Waals surface area contributed by atoms with Crippen LogP contribution in [0.2, 0.25) is 5.02 Å². The van der Waals surface area contributed by atoms with Crippen LogP contribution in [-0.4, -0.2) is 25.2 Å². The third-order valence-corrected chi connectivity index (χ3v) is 6.22. The molecule has 0 bridgehead atoms. The molecule has 148 valence electrons. The smallest absolute Gasteiger partial charge is 0.214 e. The van der Waals surface area contributed by atoms with Gasteiger partial charge in [-0.2, -0.15) is 4.68 Å². The fraction of sp³-hybridized carbons (Fsp3) is 0.200. The van der Waals surface area contributed by atoms with Crippen LogP contribution in [0.3, 0.4) is 0 Å². The summed E-state index contributed by atoms with van der Waals surface area (Å²) in [4.78, 5) is 4.64. The molecule has 0 atom stereocenters. The Morgan fingerprint density at radius 3 is 2.76 bits per heavy atom. The number of ether oxygens (including phenoxy) is 1. The first-order chi connectivity index (χ1) is 14.1. The van der Waals surface area contributed by atoms with E-state index in [1.807, 2.05) is 23.6 Å². The predicted octanol–water partition coefficient (Wildman–Crippen LogP) is 5.26. The van der Waals surface area contributed by atoms with Gasteiger partial charge in [0.2, 0.25) is 5.16 Å². The van der Waals surface area contributed by atoms with E-state index in [2.05, 4.69) is 46.5 Å². The number of thiazole rings is 1. The van der Waals surface area contributed by atoms with Crippen LogP contribution in [0.1, 0.15) is 21.8 Å². The lowest BCUT2D eigenvalue weighted by atomic mass is 10.1. The topological polar surface area (TPSA) is 65.7 Å². The molecule has 2 heterocycles. The largest absolute Gasteiger partial charge is 0.486 e. The Bertz CT molecular complexity index is 1110. The Kier molecular flexibility index (Phi) is 6.13. The standard InChI is InChI=1S/C20H18ClN5OS2/c1-13-3-8-18(14(2)9-13)26-20(23-24-25-26)29-12-16-11-28-19(22-16)10-27-17-6-4-15(21)5-7-17/h3-9,11H,10,12H2,1-2H3. The summed E-state index contributed by atoms with van der Waals surface area (Å²) in [7, 11) is 0. The fourth-order valence-corrected chi connectivity index (χ4v) is 4.47. The Morgan fingerprint density at radius 2 is 1.97 bits per heavy atom. The molecule has 0 aliphatic heterocycles. The Balaban J connectivity index is 1.38. The molecule has 0 saturated heterocycles. The van der Waals surface area contributed by atoms with Crippen LogP contribution in [0.4, 0.5) is 0 Å². The molecular weight excluding hydrogens is 426 g/mol. The summed E-state index contributed by atoms with van der Waals surface area (Å²) < 4.78 is 7.53. The third-order valence-electron chi connectivity index (χ3n) is 4.15. The molecule has 0 amide bonds. The maximum atomic E-state index is 5.89. The lowest BCUT2D eigenvalue weighted by molar-refractivity contribution is 0.305. The van der Waals surface area contributed by atoms with E-state index in [1.54, 1.807) is 39.9 Å². The van der Waals surface area contributed by atoms with Gasteiger partial charge in [-0.05, 0) is 60.2 Å². The van der Waals surface area contributed by atoms with Gasteiger partial charge in [-0.1, -0.05) is 41.1 Å². The minimum Gasteiger partial charge on any atom is -0.486 e. The van der Waals surface area contributed by atoms with Crippen LogP contribution in [0.25, 0.3) is 5.69 Å². The molecule has 0 saturated carbocycles. The normalized spacial score (nSPS) is 11.0. The summed E-state index contributed by atoms with van der Waals surface area (Å²) in [5.41, 5.74) is 4.31. The van der Waals surface area contributed by atoms with Gasteiger partial charge >= 0.3 is 0 Å². The maximum absolute atomic E-state index is 5.89. The van der Waals surface area contributed by atoms with Crippen LogP contribution in [0.5, 0.6) is 5.75 Å². The SMILES string of the molecule is Cc1ccc(-n2nnnc2SCc2csc(COc3ccc(Cl)cc3)n2)c(C)c1. The molecule has 2 aromatic carbocycles. The summed E-state index contributed by atoms with van der Waals surface area (Å²) >= 11 is 9.03. The van der Waals surface area contributed by atoms with Crippen LogP contribution in [0, 0.1) is 13.8 Å². The molecule has 0 fully saturated rings. The van der Waals surface area contributed by atoms with Crippen LogP contribution in [0.15, 0.2) is 53.0 Å². The second-order valence-electron chi connectivity index (χ2n) is 6.43. The molecule has 9 heteroatoms. The summed E-state index contributed by atoms with van der Waals surface area (Å²) in [5, 5.41) is 16.6. The van der Waals surface area contributed by atoms with Gasteiger partial charge in [0.15, 0.2) is 0 Å². The van der Waals surface area contributed by atoms with Crippen molar-refractivity contribution in [1.82, 2.24) is 25.2 Å². The molecule has 0 aliphatic rings. The van der Waals surface area contributed by atoms with Crippen molar-refractivity contribution in [1.29, 1.82) is 0 Å². The Morgan fingerprint density at radius 1 is 1.14 bits per heavy atom. The molecule has 6 nitrogen and oxygen atoms in total. The number of tetrazole rings is 1. The average Bonchev–Trinajstić information content (AvgIpc) is 3.35. The number of aromatic nitrogens is 5. The lowest BCUT2D eigenvalue weighted by Crippen LogP contribution is -2.02. The Hall–Kier alpha value is -2.42. The second-order valence-corrected chi connectivity index (χ2v) is 8.75. The van der Waals surface area contributed by atoms with Crippen molar-refractivity contribution in [3.05, 3.63) is 74.7 Å². The monoisotopic (exact) mass is 443 g/mol. The van der Waals surface area contributed by atoms with E-state index in [4.69, 9.17) is 16.3 Å². The highest BCUT2D eigenvalue weighted by molar-refractivity contribution is 7.98. The molecule has 0 radical (unpaired) electrons. The zero-order chi connectivity index (χ0) is 20.2. The van der Waals surface area contributed by atoms with Crippen LogP contribution < -0.4 is 4.74 Å². The van der Waals surface area contributed by atoms with E-state index in [1.165, 1.54) is 5.56 Å². The molecule has 29 heavy (non-hydrogen) atoms. The van der Waals surface area contributed by atoms with Crippen molar-refractivity contribution in [2.24, 2.45) is 0 Å². The highest BCUT2D eigenvalue weighted by Gasteiger charge is 2.12. The molecule has 4 rings (SSSR count). The summed E-state index contributed by atoms with van der Waals surface area (Å²) in [6.07, 6.45) is 0. The van der Waals surface area contributed by atoms with Gasteiger partial charge in [-0.3, -0.25) is 0 Å². The Labute approximate surface area is 181 Å². The van der Waals surface area contributed by atoms with Crippen molar-refractivity contribution in [3.8, 4) is 11.4 Å². The number of nitrogens with zero attached hydrogens (tertiary/aromatic N) is 5. The number of hydrogen-bond acceptors (Lipinski definition) is 7. The van der Waals surface area contributed by atoms with Crippen molar-refractivity contribution in [2.75, 3.05) is 0 Å². The molecule has 0 spiro atoms. The minimum atomic E-state index is 0.428. The van der Waals surface area contributed by atoms with Crippen molar-refractivity contribution < 1.29 is 4.74 Å². The predicted molar refractivity (Wildman–Crippen MR) is 116 cm³/mol. The average molecular weight is 444 g/mol. The van der Waals surface area contributed by atoms with Gasteiger partial charge in [0, 0.05) is 16.2 Å². The quantitative estimate of drug-likeness (QED) is 0.363. The van der Waals surface area contributed by atoms with Gasteiger partial charge in [0.1, 0.15) is 17.4 Å². The van der Waals surface area contributed by atoms with E-state index < -0.39 is 0 Å². The molecule has 4 aromatic rings. The number of benzene rings is 2. The van der Waals surface area contributed by atoms with E-state index in [-0.39, 0.29) is 0 Å². The third kappa shape index (κ3) is 4.95. The summed E-state index contributed by atoms with van der Waals surface area (Å²) in [6, 6.07) is 13.5. The zero-order valence-corrected chi connectivity index (χ0v) is 18.3. The van der Waals surface area contributed by atoms with Crippen LogP contribution >= 0.6 is 34.7 Å². The van der Waals surface area contributed by atoms with Gasteiger partial charge in [-0.15, -0.1) is 16.4 Å². The molecular formula is C20H18ClN5OS2. The fourth-order valence-electron chi connectivity index (χ4n) is 2.76. The number of hydrogen-bond donors (Lipinski definition) is 0. The van der Waals surface area contributed by atoms with E-state index in [0.29, 0.717) is 17.4 Å². The van der Waals surface area contributed by atoms with Gasteiger partial charge in [-0.25, -0.2) is 4.98 Å². The van der Waals surface area contributed by atoms with Crippen molar-refractivity contribution >= 4 is 34.7 Å². The summed E-state index contributed by atoms with van der Waals surface area (Å²) in [6.45, 7) is 4.56. The first-order valence-electron chi connectivity index (χ1n) is 8.89. The van der Waals surface area contributed by atoms with Gasteiger partial charge < -0.3 is 4.74 Å². The number of halogens is 1. The molecule has 0 N–H and O–H groups in total. The van der Waals surface area contributed by atoms with E-state index in [9.17, 15) is 0 Å². The maximum Gasteiger partial charge on any atom is 0.214 e. The number of thioether (sulfide) groups is 1. The van der Waals surface area contributed by atoms with Crippen LogP contribution in [-0.2, 0) is 12.4 Å². The number of rotatable bonds is 7. The van der Waals surface area contributed by atoms with Gasteiger partial charge in [0.25, 0.3) is 0 Å². The number of aryl methyl sites for hydroxylation is 2. The van der Waals surface area contributed by atoms with E-state index >= 15 is 0 Å². The first-order valence-corrected chi connectivity index (χ1v) is 11.1.